The van der Waals surface area contributed by atoms with Crippen LogP contribution in [0.3, 0.4) is 0 Å². The van der Waals surface area contributed by atoms with Crippen LogP contribution in [-0.2, 0) is 14.3 Å². The van der Waals surface area contributed by atoms with Gasteiger partial charge in [0, 0.05) is 24.6 Å². The molecular weight excluding hydrogens is 544 g/mol. The SMILES string of the molecule is Fc1ccc(OC[C@H]2CCO2)c(C2CCN([C@@H]3COC4(C3)CN(c3nncs3)C4)CC2)c1.O=C(O)C(F)(F)F. The van der Waals surface area contributed by atoms with Crippen LogP contribution >= 0.6 is 11.3 Å². The third-order valence-corrected chi connectivity index (χ3v) is 8.44. The molecule has 214 valence electrons. The van der Waals surface area contributed by atoms with Gasteiger partial charge in [-0.3, -0.25) is 4.90 Å². The molecule has 39 heavy (non-hydrogen) atoms. The van der Waals surface area contributed by atoms with E-state index in [9.17, 15) is 17.6 Å². The largest absolute Gasteiger partial charge is 0.491 e. The van der Waals surface area contributed by atoms with E-state index in [-0.39, 0.29) is 17.5 Å². The van der Waals surface area contributed by atoms with Gasteiger partial charge in [0.05, 0.1) is 25.8 Å². The Labute approximate surface area is 226 Å². The van der Waals surface area contributed by atoms with Crippen LogP contribution in [0.1, 0.15) is 37.2 Å². The van der Waals surface area contributed by atoms with Gasteiger partial charge >= 0.3 is 12.1 Å². The van der Waals surface area contributed by atoms with E-state index in [4.69, 9.17) is 24.1 Å². The molecule has 5 heterocycles. The molecule has 0 bridgehead atoms. The Kier molecular flexibility index (Phi) is 8.26. The Bertz CT molecular complexity index is 1120. The van der Waals surface area contributed by atoms with E-state index >= 15 is 0 Å². The highest BCUT2D eigenvalue weighted by atomic mass is 32.1. The predicted octanol–water partition coefficient (Wildman–Crippen LogP) is 3.71. The average Bonchev–Trinajstić information content (AvgIpc) is 3.54. The molecule has 9 nitrogen and oxygen atoms in total. The number of hydrogen-bond acceptors (Lipinski definition) is 9. The molecule has 0 amide bonds. The number of carbonyl (C=O) groups is 1. The number of ether oxygens (including phenoxy) is 3. The second-order valence-corrected chi connectivity index (χ2v) is 11.1. The highest BCUT2D eigenvalue weighted by Gasteiger charge is 2.51. The van der Waals surface area contributed by atoms with Crippen molar-refractivity contribution >= 4 is 22.4 Å². The van der Waals surface area contributed by atoms with E-state index in [0.29, 0.717) is 18.6 Å². The van der Waals surface area contributed by atoms with Crippen LogP contribution in [0.25, 0.3) is 0 Å². The van der Waals surface area contributed by atoms with Gasteiger partial charge in [-0.2, -0.15) is 13.2 Å². The minimum Gasteiger partial charge on any atom is -0.491 e. The van der Waals surface area contributed by atoms with Gasteiger partial charge in [0.1, 0.15) is 29.3 Å². The minimum atomic E-state index is -5.08. The zero-order chi connectivity index (χ0) is 27.6. The van der Waals surface area contributed by atoms with E-state index in [1.54, 1.807) is 29.0 Å². The smallest absolute Gasteiger partial charge is 0.490 e. The molecule has 0 unspecified atom stereocenters. The van der Waals surface area contributed by atoms with Crippen molar-refractivity contribution in [1.82, 2.24) is 15.1 Å². The van der Waals surface area contributed by atoms with Crippen molar-refractivity contribution in [3.63, 3.8) is 0 Å². The monoisotopic (exact) mass is 574 g/mol. The zero-order valence-electron chi connectivity index (χ0n) is 21.1. The fraction of sp³-hybridized carbons (Fsp3) is 0.640. The number of alkyl halides is 3. The quantitative estimate of drug-likeness (QED) is 0.518. The Hall–Kier alpha value is -2.55. The van der Waals surface area contributed by atoms with Gasteiger partial charge in [-0.05, 0) is 56.5 Å². The lowest BCUT2D eigenvalue weighted by molar-refractivity contribution is -0.192. The van der Waals surface area contributed by atoms with Crippen molar-refractivity contribution in [3.05, 3.63) is 35.1 Å². The maximum Gasteiger partial charge on any atom is 0.490 e. The van der Waals surface area contributed by atoms with Crippen LogP contribution in [0, 0.1) is 5.82 Å². The molecule has 0 aliphatic carbocycles. The molecule has 0 radical (unpaired) electrons. The van der Waals surface area contributed by atoms with E-state index in [1.807, 2.05) is 0 Å². The number of likely N-dealkylation sites (tertiary alicyclic amines) is 1. The molecule has 1 N–H and O–H groups in total. The number of piperidine rings is 1. The molecule has 2 aromatic rings. The van der Waals surface area contributed by atoms with E-state index < -0.39 is 12.1 Å². The predicted molar refractivity (Wildman–Crippen MR) is 133 cm³/mol. The van der Waals surface area contributed by atoms with Crippen molar-refractivity contribution in [2.75, 3.05) is 50.9 Å². The van der Waals surface area contributed by atoms with Crippen LogP contribution in [0.4, 0.5) is 22.7 Å². The summed E-state index contributed by atoms with van der Waals surface area (Å²) in [7, 11) is 0. The molecule has 0 saturated carbocycles. The Balaban J connectivity index is 0.000000392. The van der Waals surface area contributed by atoms with Gasteiger partial charge in [0.25, 0.3) is 0 Å². The summed E-state index contributed by atoms with van der Waals surface area (Å²) in [5.74, 6) is -1.81. The zero-order valence-corrected chi connectivity index (χ0v) is 21.9. The molecule has 4 aliphatic rings. The fourth-order valence-corrected chi connectivity index (χ4v) is 6.07. The third kappa shape index (κ3) is 6.61. The second kappa shape index (κ2) is 11.5. The van der Waals surface area contributed by atoms with Gasteiger partial charge in [-0.15, -0.1) is 10.2 Å². The van der Waals surface area contributed by atoms with Crippen LogP contribution in [0.15, 0.2) is 23.7 Å². The number of anilines is 1. The molecule has 1 aromatic carbocycles. The maximum absolute atomic E-state index is 14.0. The van der Waals surface area contributed by atoms with Gasteiger partial charge in [-0.25, -0.2) is 9.18 Å². The van der Waals surface area contributed by atoms with Crippen LogP contribution in [-0.4, -0.2) is 96.1 Å². The molecule has 6 rings (SSSR count). The van der Waals surface area contributed by atoms with Gasteiger partial charge in [0.15, 0.2) is 0 Å². The van der Waals surface area contributed by atoms with E-state index in [1.165, 1.54) is 6.07 Å². The van der Waals surface area contributed by atoms with E-state index in [0.717, 1.165) is 81.5 Å². The number of benzene rings is 1. The molecule has 4 fully saturated rings. The lowest BCUT2D eigenvalue weighted by Gasteiger charge is -2.47. The first-order valence-corrected chi connectivity index (χ1v) is 13.7. The molecular formula is C25H30F4N4O5S. The first-order chi connectivity index (χ1) is 18.6. The van der Waals surface area contributed by atoms with Gasteiger partial charge in [0.2, 0.25) is 5.13 Å². The molecule has 4 saturated heterocycles. The first kappa shape index (κ1) is 28.0. The molecule has 2 atom stereocenters. The molecule has 4 aliphatic heterocycles. The van der Waals surface area contributed by atoms with Crippen molar-refractivity contribution in [2.45, 2.75) is 55.5 Å². The average molecular weight is 575 g/mol. The summed E-state index contributed by atoms with van der Waals surface area (Å²) in [5.41, 5.74) is 2.76. The summed E-state index contributed by atoms with van der Waals surface area (Å²) in [6.07, 6.45) is -0.764. The topological polar surface area (TPSA) is 97.3 Å². The van der Waals surface area contributed by atoms with E-state index in [2.05, 4.69) is 20.0 Å². The first-order valence-electron chi connectivity index (χ1n) is 12.8. The Morgan fingerprint density at radius 2 is 1.95 bits per heavy atom. The van der Waals surface area contributed by atoms with Crippen molar-refractivity contribution in [2.24, 2.45) is 0 Å². The van der Waals surface area contributed by atoms with Crippen LogP contribution < -0.4 is 9.64 Å². The number of carboxylic acids is 1. The number of aliphatic carboxylic acids is 1. The van der Waals surface area contributed by atoms with Gasteiger partial charge in [-0.1, -0.05) is 11.3 Å². The van der Waals surface area contributed by atoms with Crippen LogP contribution in [0.5, 0.6) is 5.75 Å². The summed E-state index contributed by atoms with van der Waals surface area (Å²) in [5, 5.41) is 16.2. The Morgan fingerprint density at radius 1 is 1.23 bits per heavy atom. The number of hydrogen-bond donors (Lipinski definition) is 1. The minimum absolute atomic E-state index is 0.0274. The lowest BCUT2D eigenvalue weighted by Crippen LogP contribution is -2.62. The second-order valence-electron chi connectivity index (χ2n) is 10.3. The number of nitrogens with zero attached hydrogens (tertiary/aromatic N) is 4. The fourth-order valence-electron chi connectivity index (χ4n) is 5.51. The van der Waals surface area contributed by atoms with Crippen LogP contribution in [0.2, 0.25) is 0 Å². The highest BCUT2D eigenvalue weighted by Crippen LogP contribution is 2.41. The molecule has 1 spiro atoms. The maximum atomic E-state index is 14.0. The Morgan fingerprint density at radius 3 is 2.54 bits per heavy atom. The summed E-state index contributed by atoms with van der Waals surface area (Å²) >= 11 is 1.58. The lowest BCUT2D eigenvalue weighted by atomic mass is 9.86. The summed E-state index contributed by atoms with van der Waals surface area (Å²) in [6, 6.07) is 5.41. The number of rotatable bonds is 6. The number of carboxylic acid groups (broad SMARTS) is 1. The van der Waals surface area contributed by atoms with Crippen molar-refractivity contribution < 1.29 is 41.7 Å². The number of halogens is 4. The molecule has 14 heteroatoms. The summed E-state index contributed by atoms with van der Waals surface area (Å²) in [4.78, 5) is 13.7. The normalized spacial score (nSPS) is 25.0. The van der Waals surface area contributed by atoms with Crippen molar-refractivity contribution in [1.29, 1.82) is 0 Å². The summed E-state index contributed by atoms with van der Waals surface area (Å²) < 4.78 is 63.6. The standard InChI is InChI=1S/C23H29FN4O3S.C2HF3O2/c24-17-1-2-21(30-12-19-5-8-29-19)20(9-17)16-3-6-27(7-4-16)18-10-23(31-11-18)13-28(14-23)22-26-25-15-32-22;3-2(4,5)1(6)7/h1-2,9,15-16,18-19H,3-8,10-14H2;(H,6,7)/t18-,19+;/m0./s1. The third-order valence-electron chi connectivity index (χ3n) is 7.68. The highest BCUT2D eigenvalue weighted by molar-refractivity contribution is 7.13. The summed E-state index contributed by atoms with van der Waals surface area (Å²) in [6.45, 7) is 5.99. The van der Waals surface area contributed by atoms with Gasteiger partial charge < -0.3 is 24.2 Å². The number of aromatic nitrogens is 2. The van der Waals surface area contributed by atoms with Crippen molar-refractivity contribution in [3.8, 4) is 5.75 Å². The molecule has 1 aromatic heterocycles.